The van der Waals surface area contributed by atoms with Gasteiger partial charge in [0.1, 0.15) is 11.2 Å². The summed E-state index contributed by atoms with van der Waals surface area (Å²) in [7, 11) is -4.05. The molecule has 0 aliphatic heterocycles. The molecule has 0 spiro atoms. The summed E-state index contributed by atoms with van der Waals surface area (Å²) < 4.78 is 43.7. The van der Waals surface area contributed by atoms with E-state index in [4.69, 9.17) is 28.0 Å². The Labute approximate surface area is 188 Å². The highest BCUT2D eigenvalue weighted by atomic mass is 31.2. The molecule has 0 aromatic heterocycles. The lowest BCUT2D eigenvalue weighted by Crippen LogP contribution is -2.29. The number of nitrogens with zero attached hydrogens (tertiary/aromatic N) is 1. The van der Waals surface area contributed by atoms with Crippen molar-refractivity contribution in [2.75, 3.05) is 12.7 Å². The van der Waals surface area contributed by atoms with Gasteiger partial charge in [-0.15, -0.1) is 0 Å². The maximum Gasteiger partial charge on any atom is 0.511 e. The van der Waals surface area contributed by atoms with E-state index in [0.717, 1.165) is 6.92 Å². The van der Waals surface area contributed by atoms with Crippen LogP contribution in [0.1, 0.15) is 68.7 Å². The van der Waals surface area contributed by atoms with Crippen LogP contribution in [0.5, 0.6) is 0 Å². The molecular formula is C19H36NO11P. The van der Waals surface area contributed by atoms with Gasteiger partial charge in [0.25, 0.3) is 0 Å². The highest BCUT2D eigenvalue weighted by molar-refractivity contribution is 7.53. The molecule has 0 bridgehead atoms. The van der Waals surface area contributed by atoms with Gasteiger partial charge in [-0.3, -0.25) is 23.6 Å². The normalized spacial score (nSPS) is 15.7. The van der Waals surface area contributed by atoms with Crippen LogP contribution >= 0.6 is 7.60 Å². The van der Waals surface area contributed by atoms with Crippen molar-refractivity contribution < 1.29 is 52.2 Å². The fraction of sp³-hybridized carbons (Fsp3) is 0.842. The summed E-state index contributed by atoms with van der Waals surface area (Å²) in [5, 5.41) is 9.92. The van der Waals surface area contributed by atoms with E-state index < -0.39 is 49.6 Å². The molecule has 13 heteroatoms. The summed E-state index contributed by atoms with van der Waals surface area (Å²) >= 11 is 0. The third-order valence-corrected chi connectivity index (χ3v) is 5.19. The molecule has 0 aliphatic rings. The van der Waals surface area contributed by atoms with Crippen molar-refractivity contribution in [1.82, 2.24) is 5.06 Å². The van der Waals surface area contributed by atoms with Crippen molar-refractivity contribution in [2.24, 2.45) is 0 Å². The minimum Gasteiger partial charge on any atom is -0.429 e. The molecule has 1 amide bonds. The van der Waals surface area contributed by atoms with Gasteiger partial charge in [0, 0.05) is 13.5 Å². The van der Waals surface area contributed by atoms with Gasteiger partial charge in [-0.25, -0.2) is 14.7 Å². The maximum atomic E-state index is 13.2. The number of hydroxylamine groups is 2. The van der Waals surface area contributed by atoms with Crippen molar-refractivity contribution in [1.29, 1.82) is 0 Å². The van der Waals surface area contributed by atoms with Crippen LogP contribution in [0.4, 0.5) is 9.59 Å². The Morgan fingerprint density at radius 1 is 0.875 bits per heavy atom. The molecular weight excluding hydrogens is 449 g/mol. The molecule has 1 N–H and O–H groups in total. The third kappa shape index (κ3) is 15.0. The fourth-order valence-corrected chi connectivity index (χ4v) is 3.80. The predicted molar refractivity (Wildman–Crippen MR) is 112 cm³/mol. The minimum atomic E-state index is -4.05. The Kier molecular flexibility index (Phi) is 11.7. The Bertz CT molecular complexity index is 642. The molecule has 0 aliphatic carbocycles. The smallest absolute Gasteiger partial charge is 0.429 e. The van der Waals surface area contributed by atoms with Gasteiger partial charge in [-0.05, 0) is 61.8 Å². The van der Waals surface area contributed by atoms with E-state index in [2.05, 4.69) is 0 Å². The summed E-state index contributed by atoms with van der Waals surface area (Å²) in [6, 6.07) is 0. The molecule has 0 saturated carbocycles. The number of rotatable bonds is 10. The van der Waals surface area contributed by atoms with Gasteiger partial charge in [0.05, 0.1) is 6.16 Å². The van der Waals surface area contributed by atoms with Crippen LogP contribution in [0, 0.1) is 0 Å². The predicted octanol–water partition coefficient (Wildman–Crippen LogP) is 4.44. The summed E-state index contributed by atoms with van der Waals surface area (Å²) in [5.74, 6) is -0.607. The van der Waals surface area contributed by atoms with Crippen LogP contribution in [-0.2, 0) is 37.4 Å². The van der Waals surface area contributed by atoms with Crippen molar-refractivity contribution >= 4 is 25.8 Å². The number of hydrogen-bond acceptors (Lipinski definition) is 11. The second-order valence-corrected chi connectivity index (χ2v) is 10.9. The number of carbonyl (C=O) groups excluding carboxylic acids is 3. The Hall–Kier alpha value is -1.88. The van der Waals surface area contributed by atoms with Crippen LogP contribution in [0.2, 0.25) is 0 Å². The van der Waals surface area contributed by atoms with Crippen LogP contribution < -0.4 is 0 Å². The van der Waals surface area contributed by atoms with E-state index in [9.17, 15) is 24.2 Å². The lowest BCUT2D eigenvalue weighted by atomic mass is 10.2. The molecule has 2 atom stereocenters. The molecule has 0 rings (SSSR count). The molecule has 0 heterocycles. The van der Waals surface area contributed by atoms with Crippen molar-refractivity contribution in [3.63, 3.8) is 0 Å². The molecule has 0 aromatic carbocycles. The van der Waals surface area contributed by atoms with E-state index in [1.807, 2.05) is 0 Å². The molecule has 0 saturated heterocycles. The van der Waals surface area contributed by atoms with Gasteiger partial charge >= 0.3 is 19.9 Å². The van der Waals surface area contributed by atoms with Gasteiger partial charge in [0.2, 0.25) is 18.5 Å². The molecule has 12 nitrogen and oxygen atoms in total. The molecule has 0 fully saturated rings. The first-order valence-electron chi connectivity index (χ1n) is 10.0. The van der Waals surface area contributed by atoms with Crippen LogP contribution in [0.15, 0.2) is 0 Å². The van der Waals surface area contributed by atoms with Crippen LogP contribution in [-0.4, -0.2) is 65.0 Å². The van der Waals surface area contributed by atoms with E-state index >= 15 is 0 Å². The average molecular weight is 485 g/mol. The van der Waals surface area contributed by atoms with E-state index in [-0.39, 0.29) is 19.1 Å². The molecule has 0 aromatic rings. The lowest BCUT2D eigenvalue weighted by Gasteiger charge is -2.27. The van der Waals surface area contributed by atoms with Crippen molar-refractivity contribution in [2.45, 2.75) is 92.5 Å². The largest absolute Gasteiger partial charge is 0.511 e. The van der Waals surface area contributed by atoms with Crippen molar-refractivity contribution in [3.8, 4) is 0 Å². The summed E-state index contributed by atoms with van der Waals surface area (Å²) in [6.07, 6.45) is -5.07. The molecule has 188 valence electrons. The van der Waals surface area contributed by atoms with Gasteiger partial charge in [-0.2, -0.15) is 0 Å². The SMILES string of the molecule is CC(=O)N(O)CCCP(=O)(OC(C)OC(=O)OC(C)(C)C)OC(C)OC(=O)OC(C)(C)C. The van der Waals surface area contributed by atoms with E-state index in [0.29, 0.717) is 5.06 Å². The Morgan fingerprint density at radius 2 is 1.25 bits per heavy atom. The lowest BCUT2D eigenvalue weighted by molar-refractivity contribution is -0.162. The highest BCUT2D eigenvalue weighted by Crippen LogP contribution is 2.51. The quantitative estimate of drug-likeness (QED) is 0.154. The first kappa shape index (κ1) is 30.1. The number of ether oxygens (including phenoxy) is 4. The molecule has 0 radical (unpaired) electrons. The number of carbonyl (C=O) groups is 3. The topological polar surface area (TPSA) is 147 Å². The van der Waals surface area contributed by atoms with Gasteiger partial charge in [0.15, 0.2) is 0 Å². The summed E-state index contributed by atoms with van der Waals surface area (Å²) in [6.45, 7) is 13.4. The minimum absolute atomic E-state index is 0.00563. The molecule has 2 unspecified atom stereocenters. The Morgan fingerprint density at radius 3 is 1.56 bits per heavy atom. The van der Waals surface area contributed by atoms with E-state index in [1.54, 1.807) is 41.5 Å². The standard InChI is InChI=1S/C19H36NO11P/c1-13(21)20(24)11-10-12-32(25,30-14(2)26-16(22)28-18(4,5)6)31-15(3)27-17(23)29-19(7,8)9/h14-15,24H,10-12H2,1-9H3. The van der Waals surface area contributed by atoms with E-state index in [1.165, 1.54) is 13.8 Å². The zero-order chi connectivity index (χ0) is 25.3. The highest BCUT2D eigenvalue weighted by Gasteiger charge is 2.33. The first-order valence-corrected chi connectivity index (χ1v) is 11.8. The zero-order valence-electron chi connectivity index (χ0n) is 20.2. The number of amides is 1. The summed E-state index contributed by atoms with van der Waals surface area (Å²) in [5.41, 5.74) is -1.63. The molecule has 32 heavy (non-hydrogen) atoms. The van der Waals surface area contributed by atoms with Crippen molar-refractivity contribution in [3.05, 3.63) is 0 Å². The summed E-state index contributed by atoms with van der Waals surface area (Å²) in [4.78, 5) is 34.8. The Balaban J connectivity index is 5.17. The van der Waals surface area contributed by atoms with Crippen LogP contribution in [0.3, 0.4) is 0 Å². The zero-order valence-corrected chi connectivity index (χ0v) is 21.1. The third-order valence-electron chi connectivity index (χ3n) is 3.09. The monoisotopic (exact) mass is 485 g/mol. The second-order valence-electron chi connectivity index (χ2n) is 8.84. The second kappa shape index (κ2) is 12.4. The van der Waals surface area contributed by atoms with Crippen LogP contribution in [0.25, 0.3) is 0 Å². The van der Waals surface area contributed by atoms with Gasteiger partial charge in [-0.1, -0.05) is 0 Å². The first-order chi connectivity index (χ1) is 14.3. The number of hydrogen-bond donors (Lipinski definition) is 1. The fourth-order valence-electron chi connectivity index (χ4n) is 2.02. The van der Waals surface area contributed by atoms with Gasteiger partial charge < -0.3 is 18.9 Å². The maximum absolute atomic E-state index is 13.2. The average Bonchev–Trinajstić information content (AvgIpc) is 2.49.